The number of amides is 1. The molecule has 120 valence electrons. The Kier molecular flexibility index (Phi) is 8.71. The van der Waals surface area contributed by atoms with E-state index in [4.69, 9.17) is 10.5 Å². The van der Waals surface area contributed by atoms with E-state index in [1.54, 1.807) is 0 Å². The van der Waals surface area contributed by atoms with Crippen molar-refractivity contribution in [3.8, 4) is 0 Å². The summed E-state index contributed by atoms with van der Waals surface area (Å²) < 4.78 is 5.44. The van der Waals surface area contributed by atoms with Crippen molar-refractivity contribution in [2.45, 2.75) is 64.8 Å². The van der Waals surface area contributed by atoms with Crippen molar-refractivity contribution in [2.24, 2.45) is 11.1 Å². The van der Waals surface area contributed by atoms with Crippen LogP contribution in [0, 0.1) is 5.41 Å². The van der Waals surface area contributed by atoms with Crippen LogP contribution in [0.4, 0.5) is 0 Å². The molecule has 0 aromatic rings. The Morgan fingerprint density at radius 2 is 2.05 bits per heavy atom. The summed E-state index contributed by atoms with van der Waals surface area (Å²) in [5, 5.41) is 3.06. The van der Waals surface area contributed by atoms with Gasteiger partial charge in [-0.2, -0.15) is 0 Å². The van der Waals surface area contributed by atoms with Crippen LogP contribution < -0.4 is 11.1 Å². The predicted octanol–water partition coefficient (Wildman–Crippen LogP) is 2.64. The van der Waals surface area contributed by atoms with Crippen molar-refractivity contribution in [2.75, 3.05) is 19.8 Å². The first-order valence-corrected chi connectivity index (χ1v) is 7.61. The molecule has 1 aliphatic rings. The largest absolute Gasteiger partial charge is 0.382 e. The zero-order valence-corrected chi connectivity index (χ0v) is 14.0. The summed E-state index contributed by atoms with van der Waals surface area (Å²) in [6, 6.07) is 0. The molecule has 1 atom stereocenters. The minimum Gasteiger partial charge on any atom is -0.382 e. The van der Waals surface area contributed by atoms with E-state index in [0.717, 1.165) is 39.0 Å². The highest BCUT2D eigenvalue weighted by Crippen LogP contribution is 2.43. The van der Waals surface area contributed by atoms with Crippen LogP contribution in [0.15, 0.2) is 0 Å². The molecule has 5 heteroatoms. The fraction of sp³-hybridized carbons (Fsp3) is 0.933. The van der Waals surface area contributed by atoms with E-state index in [2.05, 4.69) is 5.32 Å². The van der Waals surface area contributed by atoms with Gasteiger partial charge in [-0.05, 0) is 44.9 Å². The lowest BCUT2D eigenvalue weighted by Crippen LogP contribution is -2.54. The lowest BCUT2D eigenvalue weighted by atomic mass is 9.66. The third-order valence-corrected chi connectivity index (χ3v) is 4.31. The molecule has 0 spiro atoms. The van der Waals surface area contributed by atoms with Gasteiger partial charge in [0.25, 0.3) is 0 Å². The van der Waals surface area contributed by atoms with Gasteiger partial charge in [0.2, 0.25) is 5.91 Å². The summed E-state index contributed by atoms with van der Waals surface area (Å²) in [6.07, 6.45) is 6.33. The number of hydrogen-bond donors (Lipinski definition) is 2. The lowest BCUT2D eigenvalue weighted by Gasteiger charge is -2.42. The van der Waals surface area contributed by atoms with Gasteiger partial charge in [-0.15, -0.1) is 12.4 Å². The van der Waals surface area contributed by atoms with Gasteiger partial charge in [-0.25, -0.2) is 0 Å². The molecule has 0 bridgehead atoms. The molecule has 0 aliphatic heterocycles. The second-order valence-electron chi connectivity index (χ2n) is 6.15. The molecule has 1 aliphatic carbocycles. The van der Waals surface area contributed by atoms with Crippen LogP contribution in [0.2, 0.25) is 0 Å². The highest BCUT2D eigenvalue weighted by atomic mass is 35.5. The van der Waals surface area contributed by atoms with Crippen molar-refractivity contribution < 1.29 is 9.53 Å². The zero-order valence-electron chi connectivity index (χ0n) is 13.2. The monoisotopic (exact) mass is 306 g/mol. The Bertz CT molecular complexity index is 292. The molecule has 3 N–H and O–H groups in total. The van der Waals surface area contributed by atoms with Gasteiger partial charge in [0.15, 0.2) is 0 Å². The molecular formula is C15H31ClN2O2. The van der Waals surface area contributed by atoms with Crippen molar-refractivity contribution >= 4 is 18.3 Å². The van der Waals surface area contributed by atoms with E-state index in [9.17, 15) is 4.79 Å². The first-order chi connectivity index (χ1) is 8.96. The maximum Gasteiger partial charge on any atom is 0.239 e. The quantitative estimate of drug-likeness (QED) is 0.644. The standard InChI is InChI=1S/C15H30N2O2.ClH/c1-4-7-14(3,16)13(18)17-12-15(8-6-9-15)10-11-19-5-2;/h4-12,16H2,1-3H3,(H,17,18);1H. The van der Waals surface area contributed by atoms with Gasteiger partial charge >= 0.3 is 0 Å². The SMILES string of the molecule is CCCC(C)(N)C(=O)NCC1(CCOCC)CCC1.Cl. The van der Waals surface area contributed by atoms with E-state index < -0.39 is 5.54 Å². The van der Waals surface area contributed by atoms with Gasteiger partial charge in [0, 0.05) is 19.8 Å². The average Bonchev–Trinajstić information content (AvgIpc) is 2.31. The minimum atomic E-state index is -0.737. The van der Waals surface area contributed by atoms with Crippen molar-refractivity contribution in [3.05, 3.63) is 0 Å². The van der Waals surface area contributed by atoms with E-state index in [-0.39, 0.29) is 23.7 Å². The number of halogens is 1. The smallest absolute Gasteiger partial charge is 0.239 e. The second kappa shape index (κ2) is 8.85. The van der Waals surface area contributed by atoms with Crippen LogP contribution in [0.3, 0.4) is 0 Å². The molecule has 1 amide bonds. The third-order valence-electron chi connectivity index (χ3n) is 4.31. The Balaban J connectivity index is 0.00000361. The van der Waals surface area contributed by atoms with E-state index in [1.165, 1.54) is 19.3 Å². The highest BCUT2D eigenvalue weighted by Gasteiger charge is 2.38. The molecule has 0 aromatic carbocycles. The molecular weight excluding hydrogens is 276 g/mol. The number of rotatable bonds is 9. The number of hydrogen-bond acceptors (Lipinski definition) is 3. The fourth-order valence-corrected chi connectivity index (χ4v) is 2.73. The van der Waals surface area contributed by atoms with Crippen LogP contribution >= 0.6 is 12.4 Å². The second-order valence-corrected chi connectivity index (χ2v) is 6.15. The van der Waals surface area contributed by atoms with E-state index >= 15 is 0 Å². The summed E-state index contributed by atoms with van der Waals surface area (Å²) in [5.74, 6) is -0.0166. The summed E-state index contributed by atoms with van der Waals surface area (Å²) >= 11 is 0. The van der Waals surface area contributed by atoms with Gasteiger partial charge < -0.3 is 15.8 Å². The molecule has 20 heavy (non-hydrogen) atoms. The zero-order chi connectivity index (χ0) is 14.4. The first-order valence-electron chi connectivity index (χ1n) is 7.61. The summed E-state index contributed by atoms with van der Waals surface area (Å²) in [6.45, 7) is 8.18. The molecule has 0 heterocycles. The first kappa shape index (κ1) is 19.7. The van der Waals surface area contributed by atoms with E-state index in [0.29, 0.717) is 0 Å². The number of ether oxygens (including phenoxy) is 1. The Morgan fingerprint density at radius 3 is 2.50 bits per heavy atom. The average molecular weight is 307 g/mol. The van der Waals surface area contributed by atoms with Gasteiger partial charge in [-0.1, -0.05) is 19.8 Å². The molecule has 4 nitrogen and oxygen atoms in total. The van der Waals surface area contributed by atoms with Crippen molar-refractivity contribution in [1.82, 2.24) is 5.32 Å². The van der Waals surface area contributed by atoms with Gasteiger partial charge in [0.1, 0.15) is 0 Å². The summed E-state index contributed by atoms with van der Waals surface area (Å²) in [4.78, 5) is 12.1. The number of carbonyl (C=O) groups is 1. The molecule has 1 saturated carbocycles. The fourth-order valence-electron chi connectivity index (χ4n) is 2.73. The van der Waals surface area contributed by atoms with Crippen LogP contribution in [0.25, 0.3) is 0 Å². The maximum atomic E-state index is 12.1. The molecule has 1 unspecified atom stereocenters. The summed E-state index contributed by atoms with van der Waals surface area (Å²) in [7, 11) is 0. The van der Waals surface area contributed by atoms with Crippen molar-refractivity contribution in [1.29, 1.82) is 0 Å². The van der Waals surface area contributed by atoms with Crippen LogP contribution in [-0.2, 0) is 9.53 Å². The molecule has 0 aromatic heterocycles. The Labute approximate surface area is 129 Å². The number of nitrogens with one attached hydrogen (secondary N) is 1. The number of nitrogens with two attached hydrogens (primary N) is 1. The molecule has 0 radical (unpaired) electrons. The third kappa shape index (κ3) is 5.58. The predicted molar refractivity (Wildman–Crippen MR) is 85.2 cm³/mol. The topological polar surface area (TPSA) is 64.4 Å². The lowest BCUT2D eigenvalue weighted by molar-refractivity contribution is -0.127. The Morgan fingerprint density at radius 1 is 1.40 bits per heavy atom. The Hall–Kier alpha value is -0.320. The normalized spacial score (nSPS) is 19.4. The molecule has 0 saturated heterocycles. The van der Waals surface area contributed by atoms with E-state index in [1.807, 2.05) is 20.8 Å². The van der Waals surface area contributed by atoms with Crippen LogP contribution in [0.5, 0.6) is 0 Å². The minimum absolute atomic E-state index is 0. The summed E-state index contributed by atoms with van der Waals surface area (Å²) in [5.41, 5.74) is 5.57. The van der Waals surface area contributed by atoms with Gasteiger partial charge in [-0.3, -0.25) is 4.79 Å². The van der Waals surface area contributed by atoms with Crippen molar-refractivity contribution in [3.63, 3.8) is 0 Å². The maximum absolute atomic E-state index is 12.1. The molecule has 1 fully saturated rings. The van der Waals surface area contributed by atoms with Gasteiger partial charge in [0.05, 0.1) is 5.54 Å². The van der Waals surface area contributed by atoms with Crippen LogP contribution in [-0.4, -0.2) is 31.2 Å². The highest BCUT2D eigenvalue weighted by molar-refractivity contribution is 5.85. The molecule has 1 rings (SSSR count). The number of carbonyl (C=O) groups excluding carboxylic acids is 1. The van der Waals surface area contributed by atoms with Crippen LogP contribution in [0.1, 0.15) is 59.3 Å².